The maximum atomic E-state index is 12.6. The molecule has 0 spiro atoms. The molecular formula is C23H15F3O3. The van der Waals surface area contributed by atoms with Crippen molar-refractivity contribution in [2.75, 3.05) is 7.11 Å². The molecule has 0 N–H and O–H groups in total. The number of halogens is 3. The molecule has 0 saturated carbocycles. The molecule has 0 bridgehead atoms. The molecule has 29 heavy (non-hydrogen) atoms. The second-order valence-corrected chi connectivity index (χ2v) is 5.98. The zero-order valence-corrected chi connectivity index (χ0v) is 15.3. The van der Waals surface area contributed by atoms with Crippen molar-refractivity contribution in [2.24, 2.45) is 0 Å². The van der Waals surface area contributed by atoms with Crippen LogP contribution >= 0.6 is 0 Å². The summed E-state index contributed by atoms with van der Waals surface area (Å²) < 4.78 is 47.9. The Morgan fingerprint density at radius 2 is 1.66 bits per heavy atom. The van der Waals surface area contributed by atoms with E-state index in [0.717, 1.165) is 23.6 Å². The van der Waals surface area contributed by atoms with Gasteiger partial charge < -0.3 is 9.47 Å². The van der Waals surface area contributed by atoms with Crippen molar-refractivity contribution < 1.29 is 27.4 Å². The predicted octanol–water partition coefficient (Wildman–Crippen LogP) is 5.32. The van der Waals surface area contributed by atoms with Gasteiger partial charge in [-0.15, -0.1) is 0 Å². The van der Waals surface area contributed by atoms with Crippen LogP contribution in [0.2, 0.25) is 0 Å². The SMILES string of the molecule is CO/C=C/C(=O)Oc1cccc2ccc(C#Cc3ccc(C(F)(F)F)cc3)cc12. The molecule has 0 fully saturated rings. The van der Waals surface area contributed by atoms with Crippen LogP contribution in [-0.2, 0) is 15.7 Å². The van der Waals surface area contributed by atoms with E-state index in [0.29, 0.717) is 22.3 Å². The van der Waals surface area contributed by atoms with E-state index in [1.807, 2.05) is 12.1 Å². The zero-order chi connectivity index (χ0) is 20.9. The molecule has 0 unspecified atom stereocenters. The Morgan fingerprint density at radius 1 is 0.966 bits per heavy atom. The Balaban J connectivity index is 1.88. The molecule has 146 valence electrons. The van der Waals surface area contributed by atoms with Gasteiger partial charge in [0.2, 0.25) is 0 Å². The van der Waals surface area contributed by atoms with Crippen molar-refractivity contribution in [3.8, 4) is 17.6 Å². The topological polar surface area (TPSA) is 35.5 Å². The minimum absolute atomic E-state index is 0.367. The van der Waals surface area contributed by atoms with Gasteiger partial charge in [-0.25, -0.2) is 4.79 Å². The number of hydrogen-bond acceptors (Lipinski definition) is 3. The Labute approximate surface area is 165 Å². The number of alkyl halides is 3. The van der Waals surface area contributed by atoms with E-state index >= 15 is 0 Å². The first-order valence-electron chi connectivity index (χ1n) is 8.50. The summed E-state index contributed by atoms with van der Waals surface area (Å²) in [5.74, 6) is 5.54. The van der Waals surface area contributed by atoms with Crippen molar-refractivity contribution in [2.45, 2.75) is 6.18 Å². The molecule has 0 aliphatic rings. The van der Waals surface area contributed by atoms with Crippen molar-refractivity contribution in [3.63, 3.8) is 0 Å². The number of methoxy groups -OCH3 is 1. The highest BCUT2D eigenvalue weighted by atomic mass is 19.4. The third kappa shape index (κ3) is 5.17. The summed E-state index contributed by atoms with van der Waals surface area (Å²) in [6.45, 7) is 0. The number of hydrogen-bond donors (Lipinski definition) is 0. The number of benzene rings is 3. The molecule has 3 aromatic carbocycles. The van der Waals surface area contributed by atoms with E-state index in [1.54, 1.807) is 24.3 Å². The van der Waals surface area contributed by atoms with Crippen LogP contribution in [0.25, 0.3) is 10.8 Å². The Bertz CT molecular complexity index is 1120. The van der Waals surface area contributed by atoms with E-state index in [4.69, 9.17) is 9.47 Å². The van der Waals surface area contributed by atoms with E-state index in [-0.39, 0.29) is 0 Å². The van der Waals surface area contributed by atoms with Gasteiger partial charge in [0.15, 0.2) is 0 Å². The lowest BCUT2D eigenvalue weighted by molar-refractivity contribution is -0.137. The van der Waals surface area contributed by atoms with Gasteiger partial charge in [-0.05, 0) is 47.9 Å². The molecule has 0 aliphatic carbocycles. The van der Waals surface area contributed by atoms with E-state index in [9.17, 15) is 18.0 Å². The smallest absolute Gasteiger partial charge is 0.416 e. The van der Waals surface area contributed by atoms with Crippen LogP contribution in [0.5, 0.6) is 5.75 Å². The average Bonchev–Trinajstić information content (AvgIpc) is 2.70. The first-order chi connectivity index (χ1) is 13.9. The van der Waals surface area contributed by atoms with Crippen LogP contribution in [0.3, 0.4) is 0 Å². The second kappa shape index (κ2) is 8.53. The normalized spacial score (nSPS) is 11.2. The zero-order valence-electron chi connectivity index (χ0n) is 15.3. The molecule has 6 heteroatoms. The highest BCUT2D eigenvalue weighted by molar-refractivity contribution is 5.93. The molecule has 0 heterocycles. The van der Waals surface area contributed by atoms with Gasteiger partial charge in [0.25, 0.3) is 0 Å². The molecule has 3 nitrogen and oxygen atoms in total. The molecule has 0 aliphatic heterocycles. The van der Waals surface area contributed by atoms with Gasteiger partial charge in [0, 0.05) is 16.5 Å². The quantitative estimate of drug-likeness (QED) is 0.198. The van der Waals surface area contributed by atoms with E-state index in [1.165, 1.54) is 25.5 Å². The maximum absolute atomic E-state index is 12.6. The summed E-state index contributed by atoms with van der Waals surface area (Å²) in [6, 6.07) is 15.3. The highest BCUT2D eigenvalue weighted by Gasteiger charge is 2.29. The first kappa shape index (κ1) is 20.0. The van der Waals surface area contributed by atoms with Crippen molar-refractivity contribution in [3.05, 3.63) is 89.7 Å². The molecule has 0 atom stereocenters. The third-order valence-electron chi connectivity index (χ3n) is 3.96. The number of esters is 1. The summed E-state index contributed by atoms with van der Waals surface area (Å²) in [4.78, 5) is 11.8. The molecule has 0 saturated heterocycles. The number of rotatable bonds is 3. The highest BCUT2D eigenvalue weighted by Crippen LogP contribution is 2.29. The van der Waals surface area contributed by atoms with Gasteiger partial charge in [0.1, 0.15) is 5.75 Å². The van der Waals surface area contributed by atoms with Crippen LogP contribution in [0, 0.1) is 11.8 Å². The number of carbonyl (C=O) groups excluding carboxylic acids is 1. The fraction of sp³-hybridized carbons (Fsp3) is 0.0870. The summed E-state index contributed by atoms with van der Waals surface area (Å²) in [5, 5.41) is 1.54. The third-order valence-corrected chi connectivity index (χ3v) is 3.96. The molecule has 0 amide bonds. The summed E-state index contributed by atoms with van der Waals surface area (Å²) in [5.41, 5.74) is 0.374. The lowest BCUT2D eigenvalue weighted by atomic mass is 10.1. The van der Waals surface area contributed by atoms with Gasteiger partial charge >= 0.3 is 12.1 Å². The van der Waals surface area contributed by atoms with E-state index in [2.05, 4.69) is 11.8 Å². The van der Waals surface area contributed by atoms with Crippen LogP contribution in [-0.4, -0.2) is 13.1 Å². The predicted molar refractivity (Wildman–Crippen MR) is 103 cm³/mol. The van der Waals surface area contributed by atoms with Crippen LogP contribution in [0.15, 0.2) is 73.0 Å². The molecule has 0 radical (unpaired) electrons. The summed E-state index contributed by atoms with van der Waals surface area (Å²) in [7, 11) is 1.42. The van der Waals surface area contributed by atoms with Gasteiger partial charge in [0.05, 0.1) is 25.0 Å². The second-order valence-electron chi connectivity index (χ2n) is 5.98. The standard InChI is InChI=1S/C23H15F3O3/c1-28-14-13-22(27)29-21-4-2-3-18-10-7-17(15-20(18)21)6-5-16-8-11-19(12-9-16)23(24,25)26/h2-4,7-15H,1H3/b14-13+. The van der Waals surface area contributed by atoms with E-state index < -0.39 is 17.7 Å². The van der Waals surface area contributed by atoms with Gasteiger partial charge in [-0.1, -0.05) is 30.0 Å². The molecule has 3 aromatic rings. The summed E-state index contributed by atoms with van der Waals surface area (Å²) in [6.07, 6.45) is -2.00. The largest absolute Gasteiger partial charge is 0.504 e. The van der Waals surface area contributed by atoms with Gasteiger partial charge in [-0.2, -0.15) is 13.2 Å². The first-order valence-corrected chi connectivity index (χ1v) is 8.50. The number of fused-ring (bicyclic) bond motifs is 1. The summed E-state index contributed by atoms with van der Waals surface area (Å²) >= 11 is 0. The Morgan fingerprint density at radius 3 is 2.34 bits per heavy atom. The van der Waals surface area contributed by atoms with Crippen molar-refractivity contribution in [1.29, 1.82) is 0 Å². The minimum atomic E-state index is -4.38. The lowest BCUT2D eigenvalue weighted by Gasteiger charge is -2.06. The average molecular weight is 396 g/mol. The molecular weight excluding hydrogens is 381 g/mol. The van der Waals surface area contributed by atoms with Crippen molar-refractivity contribution in [1.82, 2.24) is 0 Å². The minimum Gasteiger partial charge on any atom is -0.504 e. The van der Waals surface area contributed by atoms with Crippen LogP contribution in [0.4, 0.5) is 13.2 Å². The van der Waals surface area contributed by atoms with Gasteiger partial charge in [-0.3, -0.25) is 0 Å². The Kier molecular flexibility index (Phi) is 5.89. The Hall–Kier alpha value is -3.72. The monoisotopic (exact) mass is 396 g/mol. The fourth-order valence-corrected chi connectivity index (χ4v) is 2.56. The fourth-order valence-electron chi connectivity index (χ4n) is 2.56. The lowest BCUT2D eigenvalue weighted by Crippen LogP contribution is -2.04. The number of carbonyl (C=O) groups is 1. The van der Waals surface area contributed by atoms with Crippen LogP contribution < -0.4 is 4.74 Å². The molecule has 0 aromatic heterocycles. The van der Waals surface area contributed by atoms with Crippen LogP contribution in [0.1, 0.15) is 16.7 Å². The molecule has 3 rings (SSSR count). The van der Waals surface area contributed by atoms with Crippen molar-refractivity contribution >= 4 is 16.7 Å². The number of ether oxygens (including phenoxy) is 2. The maximum Gasteiger partial charge on any atom is 0.416 e.